The van der Waals surface area contributed by atoms with Gasteiger partial charge in [0.1, 0.15) is 17.6 Å². The minimum atomic E-state index is -0.855. The summed E-state index contributed by atoms with van der Waals surface area (Å²) in [5, 5.41) is 11.5. The summed E-state index contributed by atoms with van der Waals surface area (Å²) in [6.07, 6.45) is 0.453. The Balaban J connectivity index is 1.61. The second-order valence-electron chi connectivity index (χ2n) is 10.0. The van der Waals surface area contributed by atoms with E-state index in [2.05, 4.69) is 0 Å². The number of aliphatic hydroxyl groups excluding tert-OH is 1. The molecule has 2 aliphatic rings. The van der Waals surface area contributed by atoms with Crippen LogP contribution in [0.1, 0.15) is 59.4 Å². The number of amides is 1. The van der Waals surface area contributed by atoms with Crippen LogP contribution in [0.5, 0.6) is 5.75 Å². The van der Waals surface area contributed by atoms with Gasteiger partial charge >= 0.3 is 5.97 Å². The Morgan fingerprint density at radius 1 is 1.03 bits per heavy atom. The van der Waals surface area contributed by atoms with Crippen LogP contribution in [-0.2, 0) is 20.7 Å². The number of Topliss-reactive ketones (excluding diaryl/α,β-unsaturated/α-hetero) is 1. The Bertz CT molecular complexity index is 1470. The van der Waals surface area contributed by atoms with Crippen LogP contribution in [0.3, 0.4) is 0 Å². The highest BCUT2D eigenvalue weighted by molar-refractivity contribution is 6.51. The van der Waals surface area contributed by atoms with Crippen LogP contribution in [0.4, 0.5) is 5.69 Å². The molecule has 1 saturated heterocycles. The number of rotatable bonds is 5. The highest BCUT2D eigenvalue weighted by Gasteiger charge is 2.47. The molecule has 2 atom stereocenters. The summed E-state index contributed by atoms with van der Waals surface area (Å²) in [5.41, 5.74) is 3.79. The van der Waals surface area contributed by atoms with Gasteiger partial charge in [-0.25, -0.2) is 4.79 Å². The van der Waals surface area contributed by atoms with Crippen molar-refractivity contribution in [3.8, 4) is 5.75 Å². The lowest BCUT2D eigenvalue weighted by atomic mass is 9.93. The first kappa shape index (κ1) is 25.3. The molecule has 0 spiro atoms. The molecular weight excluding hydrogens is 482 g/mol. The number of aliphatic hydroxyl groups is 1. The van der Waals surface area contributed by atoms with Gasteiger partial charge in [0.25, 0.3) is 11.7 Å². The molecule has 0 radical (unpaired) electrons. The molecule has 0 aliphatic carbocycles. The molecule has 1 N–H and O–H groups in total. The van der Waals surface area contributed by atoms with Crippen molar-refractivity contribution in [1.29, 1.82) is 0 Å². The Hall–Kier alpha value is -4.39. The maximum Gasteiger partial charge on any atom is 0.338 e. The molecular formula is C31H29NO6. The van der Waals surface area contributed by atoms with Gasteiger partial charge < -0.3 is 14.6 Å². The number of hydrogen-bond donors (Lipinski definition) is 1. The van der Waals surface area contributed by atoms with Crippen LogP contribution in [0.25, 0.3) is 5.76 Å². The van der Waals surface area contributed by atoms with E-state index in [1.165, 1.54) is 4.90 Å². The van der Waals surface area contributed by atoms with Gasteiger partial charge in [0.05, 0.1) is 23.3 Å². The highest BCUT2D eigenvalue weighted by atomic mass is 16.5. The molecule has 2 unspecified atom stereocenters. The van der Waals surface area contributed by atoms with Crippen LogP contribution in [0.15, 0.2) is 72.3 Å². The second-order valence-corrected chi connectivity index (χ2v) is 10.0. The Morgan fingerprint density at radius 3 is 2.42 bits per heavy atom. The van der Waals surface area contributed by atoms with Crippen LogP contribution >= 0.6 is 0 Å². The van der Waals surface area contributed by atoms with E-state index >= 15 is 0 Å². The number of nitrogens with zero attached hydrogens (tertiary/aromatic N) is 1. The zero-order valence-corrected chi connectivity index (χ0v) is 21.7. The summed E-state index contributed by atoms with van der Waals surface area (Å²) in [7, 11) is 0. The molecule has 1 amide bonds. The zero-order chi connectivity index (χ0) is 27.1. The number of hydrogen-bond acceptors (Lipinski definition) is 6. The summed E-state index contributed by atoms with van der Waals surface area (Å²) in [6.45, 7) is 7.42. The van der Waals surface area contributed by atoms with Crippen LogP contribution in [0, 0.1) is 6.92 Å². The standard InChI is InChI=1S/C31H29NO6/c1-17(2)37-31(36)20-8-11-24(12-9-20)32-27(21-7-5-6-18(3)14-21)26(29(34)30(32)35)28(33)22-10-13-25-23(16-22)15-19(4)38-25/h5-14,16-17,19,27,33H,15H2,1-4H3/b28-26-. The third kappa shape index (κ3) is 4.56. The van der Waals surface area contributed by atoms with Gasteiger partial charge in [-0.2, -0.15) is 0 Å². The van der Waals surface area contributed by atoms with E-state index in [0.717, 1.165) is 16.9 Å². The van der Waals surface area contributed by atoms with Gasteiger partial charge in [0.2, 0.25) is 0 Å². The highest BCUT2D eigenvalue weighted by Crippen LogP contribution is 2.43. The lowest BCUT2D eigenvalue weighted by Crippen LogP contribution is -2.29. The van der Waals surface area contributed by atoms with E-state index in [-0.39, 0.29) is 23.5 Å². The molecule has 0 saturated carbocycles. The fraction of sp³-hybridized carbons (Fsp3) is 0.258. The smallest absolute Gasteiger partial charge is 0.338 e. The first-order valence-electron chi connectivity index (χ1n) is 12.6. The number of benzene rings is 3. The first-order valence-corrected chi connectivity index (χ1v) is 12.6. The van der Waals surface area contributed by atoms with Gasteiger partial charge in [-0.3, -0.25) is 14.5 Å². The molecule has 7 nitrogen and oxygen atoms in total. The number of ketones is 1. The van der Waals surface area contributed by atoms with Crippen molar-refractivity contribution in [2.45, 2.75) is 52.4 Å². The molecule has 7 heteroatoms. The van der Waals surface area contributed by atoms with Gasteiger partial charge in [-0.1, -0.05) is 29.8 Å². The van der Waals surface area contributed by atoms with Crippen molar-refractivity contribution in [3.63, 3.8) is 0 Å². The fourth-order valence-electron chi connectivity index (χ4n) is 5.02. The number of esters is 1. The third-order valence-corrected chi connectivity index (χ3v) is 6.70. The van der Waals surface area contributed by atoms with E-state index < -0.39 is 23.7 Å². The molecule has 0 aromatic heterocycles. The number of fused-ring (bicyclic) bond motifs is 1. The van der Waals surface area contributed by atoms with Crippen LogP contribution in [-0.4, -0.2) is 35.0 Å². The summed E-state index contributed by atoms with van der Waals surface area (Å²) in [4.78, 5) is 40.6. The van der Waals surface area contributed by atoms with Crippen LogP contribution in [0.2, 0.25) is 0 Å². The van der Waals surface area contributed by atoms with Gasteiger partial charge in [0, 0.05) is 17.7 Å². The molecule has 3 aromatic carbocycles. The van der Waals surface area contributed by atoms with Gasteiger partial charge in [-0.05, 0) is 81.3 Å². The Kier molecular flexibility index (Phi) is 6.53. The topological polar surface area (TPSA) is 93.1 Å². The summed E-state index contributed by atoms with van der Waals surface area (Å²) in [5.74, 6) is -1.49. The Morgan fingerprint density at radius 2 is 1.74 bits per heavy atom. The maximum atomic E-state index is 13.4. The van der Waals surface area contributed by atoms with E-state index in [1.54, 1.807) is 50.2 Å². The first-order chi connectivity index (χ1) is 18.1. The van der Waals surface area contributed by atoms with E-state index in [9.17, 15) is 19.5 Å². The molecule has 194 valence electrons. The van der Waals surface area contributed by atoms with E-state index in [0.29, 0.717) is 28.8 Å². The lowest BCUT2D eigenvalue weighted by molar-refractivity contribution is -0.132. The van der Waals surface area contributed by atoms with E-state index in [1.807, 2.05) is 44.2 Å². The molecule has 5 rings (SSSR count). The summed E-state index contributed by atoms with van der Waals surface area (Å²) in [6, 6.07) is 18.3. The summed E-state index contributed by atoms with van der Waals surface area (Å²) < 4.78 is 11.0. The zero-order valence-electron chi connectivity index (χ0n) is 21.7. The largest absolute Gasteiger partial charge is 0.507 e. The molecule has 0 bridgehead atoms. The number of carbonyl (C=O) groups excluding carboxylic acids is 3. The number of aryl methyl sites for hydroxylation is 1. The monoisotopic (exact) mass is 511 g/mol. The van der Waals surface area contributed by atoms with Crippen molar-refractivity contribution in [2.75, 3.05) is 4.90 Å². The van der Waals surface area contributed by atoms with E-state index in [4.69, 9.17) is 9.47 Å². The normalized spacial score (nSPS) is 20.0. The number of anilines is 1. The van der Waals surface area contributed by atoms with Gasteiger partial charge in [0.15, 0.2) is 0 Å². The predicted octanol–water partition coefficient (Wildman–Crippen LogP) is 5.51. The molecule has 3 aromatic rings. The summed E-state index contributed by atoms with van der Waals surface area (Å²) >= 11 is 0. The SMILES string of the molecule is Cc1cccc(C2/C(=C(/O)c3ccc4c(c3)CC(C)O4)C(=O)C(=O)N2c2ccc(C(=O)OC(C)C)cc2)c1. The van der Waals surface area contributed by atoms with Crippen molar-refractivity contribution in [3.05, 3.63) is 100 Å². The molecule has 1 fully saturated rings. The third-order valence-electron chi connectivity index (χ3n) is 6.70. The fourth-order valence-corrected chi connectivity index (χ4v) is 5.02. The van der Waals surface area contributed by atoms with Crippen molar-refractivity contribution < 1.29 is 29.0 Å². The average molecular weight is 512 g/mol. The lowest BCUT2D eigenvalue weighted by Gasteiger charge is -2.26. The Labute approximate surface area is 221 Å². The van der Waals surface area contributed by atoms with Gasteiger partial charge in [-0.15, -0.1) is 0 Å². The average Bonchev–Trinajstić information content (AvgIpc) is 3.38. The minimum Gasteiger partial charge on any atom is -0.507 e. The van der Waals surface area contributed by atoms with Crippen molar-refractivity contribution in [2.24, 2.45) is 0 Å². The second kappa shape index (κ2) is 9.82. The number of ether oxygens (including phenoxy) is 2. The predicted molar refractivity (Wildman–Crippen MR) is 143 cm³/mol. The quantitative estimate of drug-likeness (QED) is 0.210. The molecule has 2 heterocycles. The van der Waals surface area contributed by atoms with Crippen LogP contribution < -0.4 is 9.64 Å². The van der Waals surface area contributed by atoms with Crippen molar-refractivity contribution in [1.82, 2.24) is 0 Å². The van der Waals surface area contributed by atoms with Crippen molar-refractivity contribution >= 4 is 29.1 Å². The minimum absolute atomic E-state index is 0.0100. The molecule has 38 heavy (non-hydrogen) atoms. The number of carbonyl (C=O) groups is 3. The molecule has 2 aliphatic heterocycles. The maximum absolute atomic E-state index is 13.4.